The van der Waals surface area contributed by atoms with Crippen LogP contribution in [0.15, 0.2) is 60.7 Å². The molecule has 2 aliphatic carbocycles. The lowest BCUT2D eigenvalue weighted by molar-refractivity contribution is -0.126. The van der Waals surface area contributed by atoms with Crippen LogP contribution in [-0.2, 0) is 11.3 Å². The first kappa shape index (κ1) is 15.3. The molecule has 2 fully saturated rings. The molecule has 0 aliphatic heterocycles. The topological polar surface area (TPSA) is 32.3 Å². The molecule has 0 heterocycles. The maximum Gasteiger partial charge on any atom is 0.241 e. The van der Waals surface area contributed by atoms with Crippen LogP contribution in [0.3, 0.4) is 0 Å². The van der Waals surface area contributed by atoms with Gasteiger partial charge in [0.1, 0.15) is 0 Å². The highest BCUT2D eigenvalue weighted by molar-refractivity contribution is 5.81. The van der Waals surface area contributed by atoms with Crippen LogP contribution in [0, 0.1) is 17.8 Å². The fraction of sp³-hybridized carbons (Fsp3) is 0.381. The van der Waals surface area contributed by atoms with Gasteiger partial charge in [0, 0.05) is 5.92 Å². The average Bonchev–Trinajstić information content (AvgIpc) is 3.26. The van der Waals surface area contributed by atoms with Gasteiger partial charge in [0.2, 0.25) is 5.91 Å². The van der Waals surface area contributed by atoms with E-state index in [1.807, 2.05) is 53.5 Å². The van der Waals surface area contributed by atoms with Crippen LogP contribution < -0.4 is 10.4 Å². The van der Waals surface area contributed by atoms with Crippen molar-refractivity contribution in [2.24, 2.45) is 17.8 Å². The first-order chi connectivity index (χ1) is 11.8. The minimum atomic E-state index is 0.196. The van der Waals surface area contributed by atoms with Crippen LogP contribution >= 0.6 is 0 Å². The maximum atomic E-state index is 12.9. The highest BCUT2D eigenvalue weighted by atomic mass is 16.2. The molecule has 2 aliphatic rings. The quantitative estimate of drug-likeness (QED) is 0.839. The number of fused-ring (bicyclic) bond motifs is 2. The zero-order valence-corrected chi connectivity index (χ0v) is 13.9. The molecule has 0 radical (unpaired) electrons. The Hall–Kier alpha value is -2.29. The second-order valence-electron chi connectivity index (χ2n) is 7.16. The number of nitrogens with one attached hydrogen (secondary N) is 1. The number of anilines is 1. The summed E-state index contributed by atoms with van der Waals surface area (Å²) in [6.45, 7) is 0.678. The fourth-order valence-corrected chi connectivity index (χ4v) is 4.35. The Balaban J connectivity index is 1.51. The van der Waals surface area contributed by atoms with Gasteiger partial charge in [0.25, 0.3) is 0 Å². The molecule has 4 rings (SSSR count). The van der Waals surface area contributed by atoms with Gasteiger partial charge in [-0.25, -0.2) is 0 Å². The lowest BCUT2D eigenvalue weighted by atomic mass is 9.88. The molecule has 2 saturated carbocycles. The van der Waals surface area contributed by atoms with E-state index in [1.54, 1.807) is 0 Å². The molecule has 2 bridgehead atoms. The number of nitrogens with zero attached hydrogens (tertiary/aromatic N) is 1. The molecule has 0 unspecified atom stereocenters. The molecular formula is C21H24N2O. The van der Waals surface area contributed by atoms with Crippen molar-refractivity contribution in [1.29, 1.82) is 0 Å². The molecule has 3 heteroatoms. The van der Waals surface area contributed by atoms with E-state index < -0.39 is 0 Å². The number of hydrogen-bond donors (Lipinski definition) is 1. The van der Waals surface area contributed by atoms with E-state index in [-0.39, 0.29) is 11.8 Å². The smallest absolute Gasteiger partial charge is 0.241 e. The molecule has 0 spiro atoms. The van der Waals surface area contributed by atoms with Gasteiger partial charge in [0.05, 0.1) is 12.2 Å². The summed E-state index contributed by atoms with van der Waals surface area (Å²) in [6.07, 6.45) is 4.88. The van der Waals surface area contributed by atoms with Gasteiger partial charge in [-0.05, 0) is 48.8 Å². The van der Waals surface area contributed by atoms with Crippen molar-refractivity contribution in [1.82, 2.24) is 5.43 Å². The molecule has 0 aromatic heterocycles. The van der Waals surface area contributed by atoms with Crippen molar-refractivity contribution in [3.63, 3.8) is 0 Å². The summed E-state index contributed by atoms with van der Waals surface area (Å²) < 4.78 is 0. The third-order valence-corrected chi connectivity index (χ3v) is 5.57. The zero-order chi connectivity index (χ0) is 16.4. The number of amides is 1. The number of benzene rings is 2. The molecule has 3 nitrogen and oxygen atoms in total. The number of carbonyl (C=O) groups is 1. The van der Waals surface area contributed by atoms with Crippen molar-refractivity contribution in [2.75, 3.05) is 5.01 Å². The minimum absolute atomic E-state index is 0.196. The van der Waals surface area contributed by atoms with Gasteiger partial charge in [-0.3, -0.25) is 15.2 Å². The molecule has 1 amide bonds. The Kier molecular flexibility index (Phi) is 4.24. The summed E-state index contributed by atoms with van der Waals surface area (Å²) in [7, 11) is 0. The van der Waals surface area contributed by atoms with Gasteiger partial charge >= 0.3 is 0 Å². The summed E-state index contributed by atoms with van der Waals surface area (Å²) in [4.78, 5) is 12.9. The van der Waals surface area contributed by atoms with Gasteiger partial charge in [-0.1, -0.05) is 55.0 Å². The Labute approximate surface area is 143 Å². The van der Waals surface area contributed by atoms with E-state index in [2.05, 4.69) is 17.6 Å². The van der Waals surface area contributed by atoms with E-state index in [4.69, 9.17) is 0 Å². The number of para-hydroxylation sites is 1. The molecule has 2 aromatic carbocycles. The number of hydrazine groups is 1. The van der Waals surface area contributed by atoms with Crippen molar-refractivity contribution in [3.05, 3.63) is 66.2 Å². The van der Waals surface area contributed by atoms with Crippen LogP contribution in [0.25, 0.3) is 0 Å². The van der Waals surface area contributed by atoms with E-state index in [0.717, 1.165) is 18.0 Å². The van der Waals surface area contributed by atoms with Crippen LogP contribution in [0.5, 0.6) is 0 Å². The molecule has 1 N–H and O–H groups in total. The third kappa shape index (κ3) is 3.16. The largest absolute Gasteiger partial charge is 0.281 e. The molecule has 124 valence electrons. The molecule has 3 atom stereocenters. The maximum absolute atomic E-state index is 12.9. The lowest BCUT2D eigenvalue weighted by Crippen LogP contribution is -2.46. The van der Waals surface area contributed by atoms with Crippen LogP contribution in [0.1, 0.15) is 31.2 Å². The summed E-state index contributed by atoms with van der Waals surface area (Å²) in [5.74, 6) is 1.78. The van der Waals surface area contributed by atoms with Gasteiger partial charge in [-0.15, -0.1) is 0 Å². The molecule has 24 heavy (non-hydrogen) atoms. The highest BCUT2D eigenvalue weighted by Gasteiger charge is 2.43. The van der Waals surface area contributed by atoms with Gasteiger partial charge < -0.3 is 0 Å². The summed E-state index contributed by atoms with van der Waals surface area (Å²) in [5.41, 5.74) is 5.42. The monoisotopic (exact) mass is 320 g/mol. The Morgan fingerprint density at radius 2 is 1.67 bits per heavy atom. The number of rotatable bonds is 5. The Bertz CT molecular complexity index is 685. The Morgan fingerprint density at radius 1 is 0.958 bits per heavy atom. The average molecular weight is 320 g/mol. The van der Waals surface area contributed by atoms with E-state index in [9.17, 15) is 4.79 Å². The first-order valence-electron chi connectivity index (χ1n) is 8.96. The molecule has 2 aromatic rings. The fourth-order valence-electron chi connectivity index (χ4n) is 4.35. The van der Waals surface area contributed by atoms with E-state index >= 15 is 0 Å². The van der Waals surface area contributed by atoms with Crippen LogP contribution in [0.4, 0.5) is 5.69 Å². The van der Waals surface area contributed by atoms with Gasteiger partial charge in [-0.2, -0.15) is 0 Å². The predicted molar refractivity (Wildman–Crippen MR) is 96.1 cm³/mol. The third-order valence-electron chi connectivity index (χ3n) is 5.57. The number of hydrogen-bond acceptors (Lipinski definition) is 2. The Morgan fingerprint density at radius 3 is 2.29 bits per heavy atom. The second kappa shape index (κ2) is 6.68. The minimum Gasteiger partial charge on any atom is -0.281 e. The standard InChI is InChI=1S/C21H24N2O/c24-21(20-14-17-11-12-18(20)13-17)22-23(19-9-5-2-6-10-19)15-16-7-3-1-4-8-16/h1-10,17-18,20H,11-15H2,(H,22,24)/t17-,18-,20+/m1/s1. The molecule has 0 saturated heterocycles. The normalized spacial score (nSPS) is 24.8. The summed E-state index contributed by atoms with van der Waals surface area (Å²) in [6, 6.07) is 20.4. The van der Waals surface area contributed by atoms with Crippen LogP contribution in [-0.4, -0.2) is 5.91 Å². The SMILES string of the molecule is O=C(NN(Cc1ccccc1)c1ccccc1)[C@H]1C[C@@H]2CC[C@@H]1C2. The van der Waals surface area contributed by atoms with Crippen LogP contribution in [0.2, 0.25) is 0 Å². The zero-order valence-electron chi connectivity index (χ0n) is 13.9. The summed E-state index contributed by atoms with van der Waals surface area (Å²) in [5, 5.41) is 1.99. The lowest BCUT2D eigenvalue weighted by Gasteiger charge is -2.29. The van der Waals surface area contributed by atoms with E-state index in [0.29, 0.717) is 12.5 Å². The van der Waals surface area contributed by atoms with Crippen molar-refractivity contribution >= 4 is 11.6 Å². The predicted octanol–water partition coefficient (Wildman–Crippen LogP) is 4.16. The first-order valence-corrected chi connectivity index (χ1v) is 8.96. The highest BCUT2D eigenvalue weighted by Crippen LogP contribution is 2.48. The summed E-state index contributed by atoms with van der Waals surface area (Å²) >= 11 is 0. The number of carbonyl (C=O) groups excluding carboxylic acids is 1. The van der Waals surface area contributed by atoms with Crippen molar-refractivity contribution in [2.45, 2.75) is 32.2 Å². The van der Waals surface area contributed by atoms with Gasteiger partial charge in [0.15, 0.2) is 0 Å². The van der Waals surface area contributed by atoms with Crippen molar-refractivity contribution in [3.8, 4) is 0 Å². The van der Waals surface area contributed by atoms with E-state index in [1.165, 1.54) is 24.8 Å². The molecular weight excluding hydrogens is 296 g/mol. The van der Waals surface area contributed by atoms with Crippen molar-refractivity contribution < 1.29 is 4.79 Å². The second-order valence-corrected chi connectivity index (χ2v) is 7.16.